The van der Waals surface area contributed by atoms with E-state index in [1.807, 2.05) is 24.3 Å². The molecule has 31 heavy (non-hydrogen) atoms. The van der Waals surface area contributed by atoms with Crippen LogP contribution in [0.1, 0.15) is 39.8 Å². The topological polar surface area (TPSA) is 85.4 Å². The van der Waals surface area contributed by atoms with Crippen LogP contribution in [-0.2, 0) is 16.0 Å². The molecule has 0 unspecified atom stereocenters. The van der Waals surface area contributed by atoms with E-state index in [-0.39, 0.29) is 24.0 Å². The number of halogens is 1. The Kier molecular flexibility index (Phi) is 7.92. The van der Waals surface area contributed by atoms with Crippen LogP contribution in [0.15, 0.2) is 53.9 Å². The number of nitrogens with one attached hydrogen (secondary N) is 1. The minimum absolute atomic E-state index is 0.0474. The van der Waals surface area contributed by atoms with Gasteiger partial charge in [-0.3, -0.25) is 9.59 Å². The van der Waals surface area contributed by atoms with Crippen LogP contribution in [0.25, 0.3) is 10.6 Å². The molecule has 3 rings (SSSR count). The standard InChI is InChI=1S/C23H21ClN2O4S/c1-15(27)25-11-3-4-16-7-9-17(10-8-16)21(28)13-30-23(29)20-14-31-22(26-20)18-5-2-6-19(24)12-18/h2,5-10,12,14H,3-4,11,13H2,1H3,(H,25,27). The summed E-state index contributed by atoms with van der Waals surface area (Å²) in [4.78, 5) is 39.7. The lowest BCUT2D eigenvalue weighted by Gasteiger charge is -2.05. The van der Waals surface area contributed by atoms with Crippen molar-refractivity contribution >= 4 is 40.6 Å². The third kappa shape index (κ3) is 6.73. The first kappa shape index (κ1) is 22.7. The largest absolute Gasteiger partial charge is 0.453 e. The third-order valence-corrected chi connectivity index (χ3v) is 5.54. The number of rotatable bonds is 9. The molecule has 2 aromatic carbocycles. The van der Waals surface area contributed by atoms with Crippen LogP contribution in [0, 0.1) is 0 Å². The van der Waals surface area contributed by atoms with Gasteiger partial charge in [-0.25, -0.2) is 9.78 Å². The Bertz CT molecular complexity index is 1080. The lowest BCUT2D eigenvalue weighted by molar-refractivity contribution is -0.118. The molecule has 0 aliphatic rings. The summed E-state index contributed by atoms with van der Waals surface area (Å²) in [5.41, 5.74) is 2.50. The van der Waals surface area contributed by atoms with Gasteiger partial charge in [0.1, 0.15) is 5.01 Å². The van der Waals surface area contributed by atoms with Gasteiger partial charge in [0.15, 0.2) is 18.1 Å². The Hall–Kier alpha value is -3.03. The molecule has 1 heterocycles. The molecule has 0 radical (unpaired) electrons. The average Bonchev–Trinajstić information content (AvgIpc) is 3.26. The van der Waals surface area contributed by atoms with Crippen LogP contribution >= 0.6 is 22.9 Å². The van der Waals surface area contributed by atoms with Gasteiger partial charge in [0, 0.05) is 35.0 Å². The Morgan fingerprint density at radius 1 is 1.13 bits per heavy atom. The molecule has 160 valence electrons. The smallest absolute Gasteiger partial charge is 0.358 e. The molecule has 8 heteroatoms. The van der Waals surface area contributed by atoms with Crippen molar-refractivity contribution in [1.29, 1.82) is 0 Å². The summed E-state index contributed by atoms with van der Waals surface area (Å²) in [7, 11) is 0. The van der Waals surface area contributed by atoms with E-state index in [9.17, 15) is 14.4 Å². The maximum absolute atomic E-state index is 12.3. The summed E-state index contributed by atoms with van der Waals surface area (Å²) < 4.78 is 5.14. The first-order chi connectivity index (χ1) is 14.9. The molecule has 0 aliphatic heterocycles. The van der Waals surface area contributed by atoms with E-state index in [1.165, 1.54) is 18.3 Å². The summed E-state index contributed by atoms with van der Waals surface area (Å²) in [6, 6.07) is 14.3. The van der Waals surface area contributed by atoms with Gasteiger partial charge in [-0.1, -0.05) is 48.0 Å². The highest BCUT2D eigenvalue weighted by atomic mass is 35.5. The van der Waals surface area contributed by atoms with E-state index < -0.39 is 5.97 Å². The lowest BCUT2D eigenvalue weighted by atomic mass is 10.1. The fraction of sp³-hybridized carbons (Fsp3) is 0.217. The summed E-state index contributed by atoms with van der Waals surface area (Å²) >= 11 is 7.29. The molecule has 3 aromatic rings. The second-order valence-corrected chi connectivity index (χ2v) is 8.13. The summed E-state index contributed by atoms with van der Waals surface area (Å²) in [6.07, 6.45) is 1.61. The zero-order valence-corrected chi connectivity index (χ0v) is 18.5. The number of aromatic nitrogens is 1. The van der Waals surface area contributed by atoms with Crippen LogP contribution in [0.2, 0.25) is 5.02 Å². The fourth-order valence-corrected chi connectivity index (χ4v) is 3.80. The van der Waals surface area contributed by atoms with Gasteiger partial charge in [0.2, 0.25) is 5.91 Å². The monoisotopic (exact) mass is 456 g/mol. The molecular formula is C23H21ClN2O4S. The van der Waals surface area contributed by atoms with Gasteiger partial charge in [0.25, 0.3) is 0 Å². The minimum atomic E-state index is -0.646. The molecule has 1 N–H and O–H groups in total. The van der Waals surface area contributed by atoms with Gasteiger partial charge in [-0.15, -0.1) is 11.3 Å². The number of nitrogens with zero attached hydrogens (tertiary/aromatic N) is 1. The van der Waals surface area contributed by atoms with Crippen molar-refractivity contribution in [2.24, 2.45) is 0 Å². The highest BCUT2D eigenvalue weighted by molar-refractivity contribution is 7.13. The molecule has 1 amide bonds. The third-order valence-electron chi connectivity index (χ3n) is 4.41. The molecule has 0 bridgehead atoms. The number of hydrogen-bond donors (Lipinski definition) is 1. The Morgan fingerprint density at radius 3 is 2.61 bits per heavy atom. The number of carbonyl (C=O) groups is 3. The maximum Gasteiger partial charge on any atom is 0.358 e. The number of thiazole rings is 1. The van der Waals surface area contributed by atoms with Crippen LogP contribution in [0.5, 0.6) is 0 Å². The molecule has 0 spiro atoms. The zero-order chi connectivity index (χ0) is 22.2. The normalized spacial score (nSPS) is 10.5. The molecule has 0 fully saturated rings. The van der Waals surface area contributed by atoms with Crippen LogP contribution < -0.4 is 5.32 Å². The number of Topliss-reactive ketones (excluding diaryl/α,β-unsaturated/α-hetero) is 1. The predicted octanol–water partition coefficient (Wildman–Crippen LogP) is 4.57. The average molecular weight is 457 g/mol. The van der Waals surface area contributed by atoms with Gasteiger partial charge in [-0.2, -0.15) is 0 Å². The summed E-state index contributed by atoms with van der Waals surface area (Å²) in [5.74, 6) is -0.982. The van der Waals surface area contributed by atoms with Gasteiger partial charge < -0.3 is 10.1 Å². The van der Waals surface area contributed by atoms with E-state index >= 15 is 0 Å². The van der Waals surface area contributed by atoms with Crippen LogP contribution in [0.3, 0.4) is 0 Å². The van der Waals surface area contributed by atoms with Gasteiger partial charge in [0.05, 0.1) is 0 Å². The number of hydrogen-bond acceptors (Lipinski definition) is 6. The second-order valence-electron chi connectivity index (χ2n) is 6.83. The van der Waals surface area contributed by atoms with Crippen LogP contribution in [0.4, 0.5) is 0 Å². The molecule has 0 saturated heterocycles. The number of carbonyl (C=O) groups excluding carboxylic acids is 3. The molecule has 0 saturated carbocycles. The number of ketones is 1. The summed E-state index contributed by atoms with van der Waals surface area (Å²) in [5, 5.41) is 5.58. The molecule has 1 aromatic heterocycles. The number of ether oxygens (including phenoxy) is 1. The highest BCUT2D eigenvalue weighted by Crippen LogP contribution is 2.26. The zero-order valence-electron chi connectivity index (χ0n) is 16.9. The van der Waals surface area contributed by atoms with Crippen molar-refractivity contribution in [3.05, 3.63) is 75.8 Å². The van der Waals surface area contributed by atoms with Crippen molar-refractivity contribution in [2.75, 3.05) is 13.2 Å². The molecule has 0 atom stereocenters. The van der Waals surface area contributed by atoms with Crippen molar-refractivity contribution in [2.45, 2.75) is 19.8 Å². The minimum Gasteiger partial charge on any atom is -0.453 e. The lowest BCUT2D eigenvalue weighted by Crippen LogP contribution is -2.21. The fourth-order valence-electron chi connectivity index (χ4n) is 2.82. The number of benzene rings is 2. The SMILES string of the molecule is CC(=O)NCCCc1ccc(C(=O)COC(=O)c2csc(-c3cccc(Cl)c3)n2)cc1. The molecule has 6 nitrogen and oxygen atoms in total. The van der Waals surface area contributed by atoms with Crippen molar-refractivity contribution in [1.82, 2.24) is 10.3 Å². The van der Waals surface area contributed by atoms with E-state index in [1.54, 1.807) is 29.6 Å². The van der Waals surface area contributed by atoms with E-state index in [4.69, 9.17) is 16.3 Å². The number of amides is 1. The van der Waals surface area contributed by atoms with E-state index in [0.717, 1.165) is 24.0 Å². The van der Waals surface area contributed by atoms with E-state index in [0.29, 0.717) is 22.1 Å². The number of esters is 1. The van der Waals surface area contributed by atoms with Gasteiger partial charge >= 0.3 is 5.97 Å². The first-order valence-corrected chi connectivity index (χ1v) is 10.9. The quantitative estimate of drug-likeness (QED) is 0.289. The molecule has 0 aliphatic carbocycles. The molecular weight excluding hydrogens is 436 g/mol. The Balaban J connectivity index is 1.50. The highest BCUT2D eigenvalue weighted by Gasteiger charge is 2.16. The summed E-state index contributed by atoms with van der Waals surface area (Å²) in [6.45, 7) is 1.74. The predicted molar refractivity (Wildman–Crippen MR) is 121 cm³/mol. The van der Waals surface area contributed by atoms with Crippen molar-refractivity contribution in [3.8, 4) is 10.6 Å². The second kappa shape index (κ2) is 10.8. The number of aryl methyl sites for hydroxylation is 1. The Morgan fingerprint density at radius 2 is 1.90 bits per heavy atom. The van der Waals surface area contributed by atoms with Crippen molar-refractivity contribution in [3.63, 3.8) is 0 Å². The van der Waals surface area contributed by atoms with E-state index in [2.05, 4.69) is 10.3 Å². The first-order valence-electron chi connectivity index (χ1n) is 9.67. The van der Waals surface area contributed by atoms with Crippen molar-refractivity contribution < 1.29 is 19.1 Å². The Labute approximate surface area is 189 Å². The van der Waals surface area contributed by atoms with Gasteiger partial charge in [-0.05, 0) is 30.5 Å². The van der Waals surface area contributed by atoms with Crippen LogP contribution in [-0.4, -0.2) is 35.8 Å². The maximum atomic E-state index is 12.3.